The van der Waals surface area contributed by atoms with Crippen LogP contribution in [-0.2, 0) is 23.1 Å². The molecule has 0 amide bonds. The second kappa shape index (κ2) is 9.40. The fraction of sp³-hybridized carbons (Fsp3) is 0.182. The molecule has 0 aliphatic carbocycles. The number of rotatable bonds is 8. The number of ether oxygens (including phenoxy) is 2. The number of methoxy groups -OCH3 is 2. The Bertz CT molecular complexity index is 1080. The van der Waals surface area contributed by atoms with Crippen LogP contribution in [-0.4, -0.2) is 26.9 Å². The van der Waals surface area contributed by atoms with Crippen LogP contribution in [0, 0.1) is 17.5 Å². The van der Waals surface area contributed by atoms with Gasteiger partial charge in [-0.05, 0) is 35.4 Å². The van der Waals surface area contributed by atoms with Crippen molar-refractivity contribution in [1.82, 2.24) is 4.31 Å². The van der Waals surface area contributed by atoms with E-state index in [1.807, 2.05) is 0 Å². The normalized spacial score (nSPS) is 11.5. The monoisotopic (exact) mass is 451 g/mol. The molecule has 0 spiro atoms. The summed E-state index contributed by atoms with van der Waals surface area (Å²) >= 11 is 0. The number of sulfonamides is 1. The van der Waals surface area contributed by atoms with Crippen molar-refractivity contribution in [3.63, 3.8) is 0 Å². The Morgan fingerprint density at radius 1 is 0.742 bits per heavy atom. The second-order valence-electron chi connectivity index (χ2n) is 6.67. The summed E-state index contributed by atoms with van der Waals surface area (Å²) in [5.41, 5.74) is 1.14. The number of nitrogens with zero attached hydrogens (tertiary/aromatic N) is 1. The van der Waals surface area contributed by atoms with Crippen molar-refractivity contribution in [1.29, 1.82) is 0 Å². The maximum Gasteiger partial charge on any atom is 0.249 e. The standard InChI is InChI=1S/C22H20F3NO4S/c1-29-18-7-3-15(4-8-18)13-26(14-16-5-9-19(30-2)10-6-16)31(27,28)22-20(24)11-17(23)12-21(22)25/h3-12H,13-14H2,1-2H3. The van der Waals surface area contributed by atoms with Crippen molar-refractivity contribution in [2.45, 2.75) is 18.0 Å². The van der Waals surface area contributed by atoms with Crippen LogP contribution in [0.25, 0.3) is 0 Å². The number of benzene rings is 3. The third-order valence-electron chi connectivity index (χ3n) is 4.60. The molecule has 0 aromatic heterocycles. The van der Waals surface area contributed by atoms with Gasteiger partial charge < -0.3 is 9.47 Å². The summed E-state index contributed by atoms with van der Waals surface area (Å²) in [5, 5.41) is 0. The maximum atomic E-state index is 14.3. The lowest BCUT2D eigenvalue weighted by Gasteiger charge is -2.23. The largest absolute Gasteiger partial charge is 0.497 e. The van der Waals surface area contributed by atoms with Crippen LogP contribution in [0.3, 0.4) is 0 Å². The van der Waals surface area contributed by atoms with Crippen LogP contribution in [0.4, 0.5) is 13.2 Å². The van der Waals surface area contributed by atoms with E-state index in [2.05, 4.69) is 0 Å². The highest BCUT2D eigenvalue weighted by atomic mass is 32.2. The van der Waals surface area contributed by atoms with Crippen LogP contribution >= 0.6 is 0 Å². The molecule has 3 aromatic carbocycles. The van der Waals surface area contributed by atoms with Gasteiger partial charge in [-0.2, -0.15) is 4.31 Å². The Morgan fingerprint density at radius 2 is 1.13 bits per heavy atom. The molecular formula is C22H20F3NO4S. The first kappa shape index (κ1) is 22.6. The summed E-state index contributed by atoms with van der Waals surface area (Å²) in [5.74, 6) is -3.04. The second-order valence-corrected chi connectivity index (χ2v) is 8.54. The quantitative estimate of drug-likeness (QED) is 0.506. The van der Waals surface area contributed by atoms with Gasteiger partial charge in [0.1, 0.15) is 29.0 Å². The Hall–Kier alpha value is -3.04. The molecule has 0 atom stereocenters. The molecule has 0 N–H and O–H groups in total. The van der Waals surface area contributed by atoms with Gasteiger partial charge in [0.05, 0.1) is 14.2 Å². The molecule has 0 unspecified atom stereocenters. The first-order valence-electron chi connectivity index (χ1n) is 9.15. The molecule has 164 valence electrons. The maximum absolute atomic E-state index is 14.3. The highest BCUT2D eigenvalue weighted by Crippen LogP contribution is 2.27. The van der Waals surface area contributed by atoms with Gasteiger partial charge in [-0.3, -0.25) is 0 Å². The van der Waals surface area contributed by atoms with Gasteiger partial charge >= 0.3 is 0 Å². The van der Waals surface area contributed by atoms with Gasteiger partial charge in [-0.1, -0.05) is 24.3 Å². The van der Waals surface area contributed by atoms with Gasteiger partial charge in [0.15, 0.2) is 4.90 Å². The molecular weight excluding hydrogens is 431 g/mol. The van der Waals surface area contributed by atoms with Gasteiger partial charge in [0.25, 0.3) is 0 Å². The predicted octanol–water partition coefficient (Wildman–Crippen LogP) is 4.51. The van der Waals surface area contributed by atoms with Crippen molar-refractivity contribution in [3.8, 4) is 11.5 Å². The smallest absolute Gasteiger partial charge is 0.249 e. The predicted molar refractivity (Wildman–Crippen MR) is 109 cm³/mol. The van der Waals surface area contributed by atoms with E-state index in [1.54, 1.807) is 48.5 Å². The third kappa shape index (κ3) is 5.18. The lowest BCUT2D eigenvalue weighted by molar-refractivity contribution is 0.389. The fourth-order valence-electron chi connectivity index (χ4n) is 3.00. The van der Waals surface area contributed by atoms with Crippen LogP contribution in [0.2, 0.25) is 0 Å². The summed E-state index contributed by atoms with van der Waals surface area (Å²) in [4.78, 5) is -1.20. The van der Waals surface area contributed by atoms with Crippen molar-refractivity contribution >= 4 is 10.0 Å². The highest BCUT2D eigenvalue weighted by molar-refractivity contribution is 7.89. The van der Waals surface area contributed by atoms with Crippen molar-refractivity contribution < 1.29 is 31.1 Å². The van der Waals surface area contributed by atoms with E-state index in [-0.39, 0.29) is 13.1 Å². The zero-order valence-electron chi connectivity index (χ0n) is 16.8. The van der Waals surface area contributed by atoms with E-state index in [1.165, 1.54) is 14.2 Å². The van der Waals surface area contributed by atoms with Crippen LogP contribution in [0.15, 0.2) is 65.6 Å². The van der Waals surface area contributed by atoms with Gasteiger partial charge in [-0.15, -0.1) is 0 Å². The van der Waals surface area contributed by atoms with E-state index >= 15 is 0 Å². The third-order valence-corrected chi connectivity index (χ3v) is 6.44. The molecule has 0 saturated heterocycles. The first-order chi connectivity index (χ1) is 14.7. The number of hydrogen-bond acceptors (Lipinski definition) is 4. The van der Waals surface area contributed by atoms with E-state index in [4.69, 9.17) is 9.47 Å². The Morgan fingerprint density at radius 3 is 1.48 bits per heavy atom. The molecule has 0 radical (unpaired) electrons. The average Bonchev–Trinajstić information content (AvgIpc) is 2.73. The summed E-state index contributed by atoms with van der Waals surface area (Å²) < 4.78 is 79.5. The minimum absolute atomic E-state index is 0.172. The summed E-state index contributed by atoms with van der Waals surface area (Å²) in [6.45, 7) is -0.344. The van der Waals surface area contributed by atoms with Crippen LogP contribution < -0.4 is 9.47 Å². The molecule has 9 heteroatoms. The number of hydrogen-bond donors (Lipinski definition) is 0. The zero-order valence-corrected chi connectivity index (χ0v) is 17.6. The lowest BCUT2D eigenvalue weighted by atomic mass is 10.2. The highest BCUT2D eigenvalue weighted by Gasteiger charge is 2.32. The minimum Gasteiger partial charge on any atom is -0.497 e. The van der Waals surface area contributed by atoms with Crippen LogP contribution in [0.1, 0.15) is 11.1 Å². The molecule has 0 fully saturated rings. The Balaban J connectivity index is 2.02. The Labute approximate surface area is 178 Å². The molecule has 0 saturated carbocycles. The summed E-state index contributed by atoms with van der Waals surface area (Å²) in [6.07, 6.45) is 0. The van der Waals surface area contributed by atoms with Gasteiger partial charge in [0, 0.05) is 25.2 Å². The number of halogens is 3. The molecule has 3 aromatic rings. The zero-order chi connectivity index (χ0) is 22.6. The molecule has 0 aliphatic heterocycles. The van der Waals surface area contributed by atoms with Crippen LogP contribution in [0.5, 0.6) is 11.5 Å². The van der Waals surface area contributed by atoms with Crippen molar-refractivity contribution in [2.24, 2.45) is 0 Å². The topological polar surface area (TPSA) is 55.8 Å². The molecule has 5 nitrogen and oxygen atoms in total. The average molecular weight is 451 g/mol. The molecule has 0 aliphatic rings. The van der Waals surface area contributed by atoms with Crippen molar-refractivity contribution in [2.75, 3.05) is 14.2 Å². The SMILES string of the molecule is COc1ccc(CN(Cc2ccc(OC)cc2)S(=O)(=O)c2c(F)cc(F)cc2F)cc1. The molecule has 0 heterocycles. The Kier molecular flexibility index (Phi) is 6.87. The minimum atomic E-state index is -4.65. The first-order valence-corrected chi connectivity index (χ1v) is 10.6. The van der Waals surface area contributed by atoms with E-state index in [9.17, 15) is 21.6 Å². The summed E-state index contributed by atoms with van der Waals surface area (Å²) in [6, 6.07) is 13.8. The summed E-state index contributed by atoms with van der Waals surface area (Å²) in [7, 11) is -1.66. The molecule has 0 bridgehead atoms. The fourth-order valence-corrected chi connectivity index (χ4v) is 4.51. The van der Waals surface area contributed by atoms with E-state index < -0.39 is 32.4 Å². The molecule has 31 heavy (non-hydrogen) atoms. The van der Waals surface area contributed by atoms with Crippen molar-refractivity contribution in [3.05, 3.63) is 89.2 Å². The van der Waals surface area contributed by atoms with E-state index in [0.29, 0.717) is 34.8 Å². The van der Waals surface area contributed by atoms with Gasteiger partial charge in [0.2, 0.25) is 10.0 Å². The lowest BCUT2D eigenvalue weighted by Crippen LogP contribution is -2.31. The van der Waals surface area contributed by atoms with E-state index in [0.717, 1.165) is 4.31 Å². The molecule has 3 rings (SSSR count). The van der Waals surface area contributed by atoms with Gasteiger partial charge in [-0.25, -0.2) is 21.6 Å².